The van der Waals surface area contributed by atoms with Crippen LogP contribution in [0.3, 0.4) is 0 Å². The summed E-state index contributed by atoms with van der Waals surface area (Å²) in [6.45, 7) is 4.02. The van der Waals surface area contributed by atoms with Crippen LogP contribution in [0.1, 0.15) is 12.8 Å². The smallest absolute Gasteiger partial charge is 0.244 e. The summed E-state index contributed by atoms with van der Waals surface area (Å²) in [5.41, 5.74) is 0. The number of ether oxygens (including phenoxy) is 1. The quantitative estimate of drug-likeness (QED) is 0.445. The number of carbonyl (C=O) groups is 2. The van der Waals surface area contributed by atoms with E-state index in [0.29, 0.717) is 4.42 Å². The van der Waals surface area contributed by atoms with Gasteiger partial charge in [0.2, 0.25) is 11.8 Å². The zero-order chi connectivity index (χ0) is 11.3. The summed E-state index contributed by atoms with van der Waals surface area (Å²) in [5.74, 6) is -0.590. The second-order valence-electron chi connectivity index (χ2n) is 3.48. The molecule has 0 bridgehead atoms. The fourth-order valence-corrected chi connectivity index (χ4v) is 1.37. The number of hydrogen-bond acceptors (Lipinski definition) is 4. The largest absolute Gasteiger partial charge is 0.379 e. The van der Waals surface area contributed by atoms with E-state index < -0.39 is 0 Å². The van der Waals surface area contributed by atoms with Crippen LogP contribution in [0.2, 0.25) is 0 Å². The zero-order valence-corrected chi connectivity index (χ0v) is 9.50. The lowest BCUT2D eigenvalue weighted by molar-refractivity contribution is -0.132. The van der Waals surface area contributed by atoms with Gasteiger partial charge in [-0.3, -0.25) is 9.59 Å². The molecule has 0 aromatic heterocycles. The van der Waals surface area contributed by atoms with Crippen LogP contribution in [-0.2, 0) is 14.3 Å². The van der Waals surface area contributed by atoms with E-state index >= 15 is 0 Å². The zero-order valence-electron chi connectivity index (χ0n) is 8.74. The van der Waals surface area contributed by atoms with Crippen molar-refractivity contribution < 1.29 is 14.3 Å². The molecule has 2 amide bonds. The molecule has 2 rings (SSSR count). The maximum absolute atomic E-state index is 10.4. The Morgan fingerprint density at radius 1 is 1.13 bits per heavy atom. The van der Waals surface area contributed by atoms with Crippen molar-refractivity contribution in [3.05, 3.63) is 0 Å². The number of nitrogens with zero attached hydrogens (tertiary/aromatic N) is 2. The molecule has 0 aromatic rings. The maximum atomic E-state index is 10.4. The molecule has 2 saturated heterocycles. The highest BCUT2D eigenvalue weighted by atomic mass is 35.5. The predicted molar refractivity (Wildman–Crippen MR) is 55.3 cm³/mol. The Morgan fingerprint density at radius 3 is 1.80 bits per heavy atom. The lowest BCUT2D eigenvalue weighted by Gasteiger charge is -2.21. The fraction of sp³-hybridized carbons (Fsp3) is 0.778. The van der Waals surface area contributed by atoms with Crippen LogP contribution < -0.4 is 0 Å². The molecule has 0 aliphatic carbocycles. The third-order valence-electron chi connectivity index (χ3n) is 2.23. The minimum Gasteiger partial charge on any atom is -0.379 e. The van der Waals surface area contributed by atoms with Gasteiger partial charge in [0.1, 0.15) is 0 Å². The van der Waals surface area contributed by atoms with E-state index in [1.165, 1.54) is 0 Å². The van der Waals surface area contributed by atoms with Crippen molar-refractivity contribution in [2.45, 2.75) is 12.8 Å². The van der Waals surface area contributed by atoms with Crippen LogP contribution in [0.25, 0.3) is 0 Å². The van der Waals surface area contributed by atoms with Gasteiger partial charge >= 0.3 is 0 Å². The molecule has 0 spiro atoms. The first kappa shape index (κ1) is 12.4. The molecular formula is C9H15ClN2O3. The molecule has 5 nitrogen and oxygen atoms in total. The number of halogens is 1. The molecule has 2 heterocycles. The SMILES string of the molecule is CN1CCOCC1.O=C1CCC(=O)N1Cl. The molecule has 86 valence electrons. The molecule has 2 fully saturated rings. The topological polar surface area (TPSA) is 49.9 Å². The lowest BCUT2D eigenvalue weighted by Crippen LogP contribution is -2.32. The maximum Gasteiger partial charge on any atom is 0.244 e. The second-order valence-corrected chi connectivity index (χ2v) is 3.82. The molecule has 15 heavy (non-hydrogen) atoms. The highest BCUT2D eigenvalue weighted by Gasteiger charge is 2.26. The molecule has 0 atom stereocenters. The van der Waals surface area contributed by atoms with Gasteiger partial charge in [0.05, 0.1) is 13.2 Å². The minimum absolute atomic E-state index is 0.266. The summed E-state index contributed by atoms with van der Waals surface area (Å²) in [4.78, 5) is 23.0. The molecule has 0 unspecified atom stereocenters. The Balaban J connectivity index is 0.000000151. The average molecular weight is 235 g/mol. The number of imide groups is 1. The van der Waals surface area contributed by atoms with Gasteiger partial charge in [-0.05, 0) is 7.05 Å². The predicted octanol–water partition coefficient (Wildman–Crippen LogP) is 0.238. The van der Waals surface area contributed by atoms with Crippen molar-refractivity contribution in [2.75, 3.05) is 33.4 Å². The highest BCUT2D eigenvalue weighted by Crippen LogP contribution is 2.12. The van der Waals surface area contributed by atoms with E-state index in [4.69, 9.17) is 16.5 Å². The highest BCUT2D eigenvalue weighted by molar-refractivity contribution is 6.32. The van der Waals surface area contributed by atoms with Gasteiger partial charge in [-0.2, -0.15) is 4.42 Å². The van der Waals surface area contributed by atoms with Gasteiger partial charge < -0.3 is 9.64 Å². The third kappa shape index (κ3) is 4.15. The van der Waals surface area contributed by atoms with Crippen LogP contribution >= 0.6 is 11.8 Å². The second kappa shape index (κ2) is 6.05. The van der Waals surface area contributed by atoms with Gasteiger partial charge in [0.25, 0.3) is 0 Å². The molecule has 0 saturated carbocycles. The van der Waals surface area contributed by atoms with Crippen LogP contribution in [0.15, 0.2) is 0 Å². The number of amides is 2. The van der Waals surface area contributed by atoms with Crippen molar-refractivity contribution >= 4 is 23.6 Å². The van der Waals surface area contributed by atoms with E-state index in [1.807, 2.05) is 0 Å². The number of morpholine rings is 1. The summed E-state index contributed by atoms with van der Waals surface area (Å²) < 4.78 is 5.74. The Hall–Kier alpha value is -0.650. The van der Waals surface area contributed by atoms with Crippen LogP contribution in [-0.4, -0.2) is 54.5 Å². The first-order valence-corrected chi connectivity index (χ1v) is 5.23. The Labute approximate surface area is 94.0 Å². The number of hydrogen-bond donors (Lipinski definition) is 0. The number of rotatable bonds is 0. The minimum atomic E-state index is -0.295. The summed E-state index contributed by atoms with van der Waals surface area (Å²) in [6.07, 6.45) is 0.532. The molecule has 0 radical (unpaired) electrons. The van der Waals surface area contributed by atoms with Gasteiger partial charge in [-0.1, -0.05) is 0 Å². The Bertz CT molecular complexity index is 226. The molecule has 2 aliphatic rings. The van der Waals surface area contributed by atoms with Crippen molar-refractivity contribution in [3.8, 4) is 0 Å². The summed E-state index contributed by atoms with van der Waals surface area (Å²) in [6, 6.07) is 0. The lowest BCUT2D eigenvalue weighted by atomic mass is 10.4. The first-order valence-electron chi connectivity index (χ1n) is 4.89. The standard InChI is InChI=1S/C5H11NO.C4H4ClNO2/c1-6-2-4-7-5-3-6;5-6-3(7)1-2-4(6)8/h2-5H2,1H3;1-2H2. The van der Waals surface area contributed by atoms with E-state index in [0.717, 1.165) is 26.3 Å². The van der Waals surface area contributed by atoms with Crippen LogP contribution in [0, 0.1) is 0 Å². The molecular weight excluding hydrogens is 220 g/mol. The molecule has 2 aliphatic heterocycles. The van der Waals surface area contributed by atoms with E-state index in [-0.39, 0.29) is 24.7 Å². The van der Waals surface area contributed by atoms with Gasteiger partial charge in [-0.15, -0.1) is 0 Å². The Kier molecular flexibility index (Phi) is 5.01. The van der Waals surface area contributed by atoms with Gasteiger partial charge in [0, 0.05) is 37.7 Å². The van der Waals surface area contributed by atoms with Gasteiger partial charge in [-0.25, -0.2) is 0 Å². The normalized spacial score (nSPS) is 22.7. The summed E-state index contributed by atoms with van der Waals surface area (Å²) in [7, 11) is 2.11. The van der Waals surface area contributed by atoms with E-state index in [2.05, 4.69) is 11.9 Å². The summed E-state index contributed by atoms with van der Waals surface area (Å²) in [5, 5.41) is 0. The number of carbonyl (C=O) groups excluding carboxylic acids is 2. The van der Waals surface area contributed by atoms with Crippen molar-refractivity contribution in [3.63, 3.8) is 0 Å². The first-order chi connectivity index (χ1) is 7.11. The van der Waals surface area contributed by atoms with Gasteiger partial charge in [0.15, 0.2) is 0 Å². The monoisotopic (exact) mass is 234 g/mol. The van der Waals surface area contributed by atoms with Crippen LogP contribution in [0.5, 0.6) is 0 Å². The Morgan fingerprint density at radius 2 is 1.60 bits per heavy atom. The fourth-order valence-electron chi connectivity index (χ4n) is 1.20. The van der Waals surface area contributed by atoms with Crippen molar-refractivity contribution in [1.82, 2.24) is 9.32 Å². The third-order valence-corrected chi connectivity index (χ3v) is 2.60. The van der Waals surface area contributed by atoms with Crippen molar-refractivity contribution in [1.29, 1.82) is 0 Å². The molecule has 0 N–H and O–H groups in total. The van der Waals surface area contributed by atoms with E-state index in [1.54, 1.807) is 0 Å². The van der Waals surface area contributed by atoms with Crippen LogP contribution in [0.4, 0.5) is 0 Å². The average Bonchev–Trinajstić information content (AvgIpc) is 2.52. The van der Waals surface area contributed by atoms with E-state index in [9.17, 15) is 9.59 Å². The number of likely N-dealkylation sites (N-methyl/N-ethyl adjacent to an activating group) is 1. The summed E-state index contributed by atoms with van der Waals surface area (Å²) >= 11 is 5.15. The molecule has 6 heteroatoms. The molecule has 0 aromatic carbocycles. The van der Waals surface area contributed by atoms with Crippen molar-refractivity contribution in [2.24, 2.45) is 0 Å².